The Morgan fingerprint density at radius 3 is 2.28 bits per heavy atom. The number of ether oxygens (including phenoxy) is 1. The van der Waals surface area contributed by atoms with E-state index < -0.39 is 6.61 Å². The Bertz CT molecular complexity index is 879. The number of Topliss-reactive ketones (excluding diaryl/α,β-unsaturated/α-hetero) is 1. The monoisotopic (exact) mass is 403 g/mol. The molecule has 1 N–H and O–H groups in total. The number of rotatable bonds is 5. The van der Waals surface area contributed by atoms with E-state index in [2.05, 4.69) is 15.0 Å². The number of aryl methyl sites for hydroxylation is 1. The molecular weight excluding hydrogens is 380 g/mol. The number of nitrogens with zero attached hydrogens (tertiary/aromatic N) is 2. The average Bonchev–Trinajstić information content (AvgIpc) is 2.70. The van der Waals surface area contributed by atoms with Crippen molar-refractivity contribution in [1.82, 2.24) is 4.90 Å². The van der Waals surface area contributed by atoms with Crippen molar-refractivity contribution >= 4 is 23.2 Å². The van der Waals surface area contributed by atoms with Gasteiger partial charge in [-0.3, -0.25) is 4.79 Å². The van der Waals surface area contributed by atoms with Crippen molar-refractivity contribution in [2.45, 2.75) is 20.5 Å². The molecular formula is C21H23F2N3O3. The van der Waals surface area contributed by atoms with Crippen LogP contribution in [-0.4, -0.2) is 49.5 Å². The van der Waals surface area contributed by atoms with Crippen LogP contribution in [0.4, 0.5) is 25.0 Å². The highest BCUT2D eigenvalue weighted by Gasteiger charge is 2.23. The topological polar surface area (TPSA) is 61.9 Å². The second kappa shape index (κ2) is 8.89. The second-order valence-electron chi connectivity index (χ2n) is 6.83. The number of carbonyl (C=O) groups excluding carboxylic acids is 2. The summed E-state index contributed by atoms with van der Waals surface area (Å²) in [6, 6.07) is 11.7. The van der Waals surface area contributed by atoms with Gasteiger partial charge in [0.25, 0.3) is 0 Å². The van der Waals surface area contributed by atoms with E-state index in [0.717, 1.165) is 5.69 Å². The molecule has 1 aliphatic rings. The van der Waals surface area contributed by atoms with E-state index in [4.69, 9.17) is 0 Å². The van der Waals surface area contributed by atoms with Crippen molar-refractivity contribution < 1.29 is 23.1 Å². The molecule has 1 heterocycles. The highest BCUT2D eigenvalue weighted by molar-refractivity contribution is 5.94. The molecule has 154 valence electrons. The maximum absolute atomic E-state index is 12.6. The molecule has 2 aromatic carbocycles. The van der Waals surface area contributed by atoms with Crippen LogP contribution >= 0.6 is 0 Å². The van der Waals surface area contributed by atoms with Crippen LogP contribution in [0.5, 0.6) is 5.75 Å². The van der Waals surface area contributed by atoms with E-state index in [-0.39, 0.29) is 23.3 Å². The summed E-state index contributed by atoms with van der Waals surface area (Å²) in [5, 5.41) is 2.70. The van der Waals surface area contributed by atoms with Gasteiger partial charge in [-0.25, -0.2) is 4.79 Å². The Kier molecular flexibility index (Phi) is 6.31. The number of ketones is 1. The molecule has 0 unspecified atom stereocenters. The Morgan fingerprint density at radius 1 is 1.03 bits per heavy atom. The molecule has 0 spiro atoms. The van der Waals surface area contributed by atoms with Gasteiger partial charge in [-0.05, 0) is 49.7 Å². The van der Waals surface area contributed by atoms with Gasteiger partial charge in [0, 0.05) is 37.4 Å². The number of benzene rings is 2. The van der Waals surface area contributed by atoms with E-state index >= 15 is 0 Å². The summed E-state index contributed by atoms with van der Waals surface area (Å²) in [6.07, 6.45) is 0. The molecule has 8 heteroatoms. The van der Waals surface area contributed by atoms with Crippen molar-refractivity contribution in [3.63, 3.8) is 0 Å². The summed E-state index contributed by atoms with van der Waals surface area (Å²) in [7, 11) is 0. The summed E-state index contributed by atoms with van der Waals surface area (Å²) in [6.45, 7) is 2.50. The second-order valence-corrected chi connectivity index (χ2v) is 6.83. The van der Waals surface area contributed by atoms with Gasteiger partial charge < -0.3 is 19.9 Å². The summed E-state index contributed by atoms with van der Waals surface area (Å²) < 4.78 is 29.8. The third kappa shape index (κ3) is 5.01. The third-order valence-electron chi connectivity index (χ3n) is 4.89. The predicted molar refractivity (Wildman–Crippen MR) is 107 cm³/mol. The summed E-state index contributed by atoms with van der Waals surface area (Å²) in [4.78, 5) is 27.8. The normalized spacial score (nSPS) is 14.1. The number of nitrogens with one attached hydrogen (secondary N) is 1. The number of alkyl halides is 2. The maximum Gasteiger partial charge on any atom is 0.387 e. The van der Waals surface area contributed by atoms with Crippen molar-refractivity contribution in [3.8, 4) is 5.75 Å². The molecule has 0 radical (unpaired) electrons. The molecule has 0 bridgehead atoms. The molecule has 2 aromatic rings. The minimum Gasteiger partial charge on any atom is -0.433 e. The molecule has 2 amide bonds. The van der Waals surface area contributed by atoms with Gasteiger partial charge in [0.05, 0.1) is 5.69 Å². The summed E-state index contributed by atoms with van der Waals surface area (Å²) >= 11 is 0. The number of halogens is 2. The highest BCUT2D eigenvalue weighted by Crippen LogP contribution is 2.30. The molecule has 1 aliphatic heterocycles. The number of urea groups is 1. The number of carbonyl (C=O) groups is 2. The van der Waals surface area contributed by atoms with Crippen LogP contribution in [0, 0.1) is 6.92 Å². The fourth-order valence-corrected chi connectivity index (χ4v) is 3.26. The molecule has 0 aliphatic carbocycles. The van der Waals surface area contributed by atoms with Crippen molar-refractivity contribution in [2.75, 3.05) is 36.4 Å². The Morgan fingerprint density at radius 2 is 1.69 bits per heavy atom. The van der Waals surface area contributed by atoms with Crippen LogP contribution in [0.1, 0.15) is 22.8 Å². The maximum atomic E-state index is 12.6. The number of hydrogen-bond donors (Lipinski definition) is 1. The van der Waals surface area contributed by atoms with E-state index in [9.17, 15) is 18.4 Å². The summed E-state index contributed by atoms with van der Waals surface area (Å²) in [5.74, 6) is -0.0398. The lowest BCUT2D eigenvalue weighted by molar-refractivity contribution is -0.0493. The van der Waals surface area contributed by atoms with Gasteiger partial charge in [-0.15, -0.1) is 0 Å². The smallest absolute Gasteiger partial charge is 0.387 e. The number of hydrogen-bond acceptors (Lipinski definition) is 4. The predicted octanol–water partition coefficient (Wildman–Crippen LogP) is 4.15. The lowest BCUT2D eigenvalue weighted by Gasteiger charge is -2.36. The first-order valence-electron chi connectivity index (χ1n) is 9.31. The molecule has 29 heavy (non-hydrogen) atoms. The molecule has 6 nitrogen and oxygen atoms in total. The van der Waals surface area contributed by atoms with Crippen LogP contribution in [0.2, 0.25) is 0 Å². The van der Waals surface area contributed by atoms with Gasteiger partial charge in [-0.2, -0.15) is 8.78 Å². The number of anilines is 2. The molecule has 1 saturated heterocycles. The molecule has 1 fully saturated rings. The molecule has 0 atom stereocenters. The van der Waals surface area contributed by atoms with Crippen LogP contribution in [-0.2, 0) is 0 Å². The first kappa shape index (κ1) is 20.6. The minimum absolute atomic E-state index is 0.0180. The molecule has 3 rings (SSSR count). The van der Waals surface area contributed by atoms with Crippen molar-refractivity contribution in [3.05, 3.63) is 53.6 Å². The number of piperazine rings is 1. The average molecular weight is 403 g/mol. The molecule has 0 saturated carbocycles. The zero-order valence-corrected chi connectivity index (χ0v) is 16.3. The van der Waals surface area contributed by atoms with Gasteiger partial charge in [-0.1, -0.05) is 12.1 Å². The lowest BCUT2D eigenvalue weighted by Crippen LogP contribution is -2.50. The van der Waals surface area contributed by atoms with Crippen LogP contribution in [0.3, 0.4) is 0 Å². The summed E-state index contributed by atoms with van der Waals surface area (Å²) in [5.41, 5.74) is 2.54. The number of amides is 2. The Hall–Kier alpha value is -3.16. The Balaban J connectivity index is 1.61. The van der Waals surface area contributed by atoms with E-state index in [1.165, 1.54) is 13.0 Å². The SMILES string of the molecule is CC(=O)c1ccc(N2CCN(C(=O)Nc3c(C)cccc3OC(F)F)CC2)cc1. The van der Waals surface area contributed by atoms with Crippen LogP contribution < -0.4 is 15.0 Å². The van der Waals surface area contributed by atoms with Gasteiger partial charge in [0.2, 0.25) is 0 Å². The zero-order chi connectivity index (χ0) is 21.0. The van der Waals surface area contributed by atoms with Crippen molar-refractivity contribution in [2.24, 2.45) is 0 Å². The standard InChI is InChI=1S/C21H23F2N3O3/c1-14-4-3-5-18(29-20(22)23)19(14)24-21(28)26-12-10-25(11-13-26)17-8-6-16(7-9-17)15(2)27/h3-9,20H,10-13H2,1-2H3,(H,24,28). The van der Waals surface area contributed by atoms with Crippen LogP contribution in [0.25, 0.3) is 0 Å². The van der Waals surface area contributed by atoms with Crippen LogP contribution in [0.15, 0.2) is 42.5 Å². The first-order valence-corrected chi connectivity index (χ1v) is 9.31. The van der Waals surface area contributed by atoms with Gasteiger partial charge in [0.1, 0.15) is 5.75 Å². The largest absolute Gasteiger partial charge is 0.433 e. The minimum atomic E-state index is -2.97. The van der Waals surface area contributed by atoms with E-state index in [1.807, 2.05) is 12.1 Å². The van der Waals surface area contributed by atoms with E-state index in [1.54, 1.807) is 36.1 Å². The first-order chi connectivity index (χ1) is 13.8. The van der Waals surface area contributed by atoms with Gasteiger partial charge in [0.15, 0.2) is 5.78 Å². The zero-order valence-electron chi connectivity index (χ0n) is 16.3. The van der Waals surface area contributed by atoms with Gasteiger partial charge >= 0.3 is 12.6 Å². The fraction of sp³-hybridized carbons (Fsp3) is 0.333. The number of para-hydroxylation sites is 1. The van der Waals surface area contributed by atoms with E-state index in [0.29, 0.717) is 37.3 Å². The Labute approximate surface area is 168 Å². The third-order valence-corrected chi connectivity index (χ3v) is 4.89. The fourth-order valence-electron chi connectivity index (χ4n) is 3.26. The van der Waals surface area contributed by atoms with Crippen molar-refractivity contribution in [1.29, 1.82) is 0 Å². The quantitative estimate of drug-likeness (QED) is 0.762. The lowest BCUT2D eigenvalue weighted by atomic mass is 10.1. The molecule has 0 aromatic heterocycles. The highest BCUT2D eigenvalue weighted by atomic mass is 19.3.